The number of hydrogen-bond acceptors (Lipinski definition) is 3. The van der Waals surface area contributed by atoms with E-state index in [-0.39, 0.29) is 11.8 Å². The van der Waals surface area contributed by atoms with E-state index in [1.54, 1.807) is 24.3 Å². The third kappa shape index (κ3) is 3.06. The number of nitrogens with zero attached hydrogens (tertiary/aromatic N) is 1. The number of carbonyl (C=O) groups excluding carboxylic acids is 2. The molecule has 6 nitrogen and oxygen atoms in total. The number of rotatable bonds is 4. The first-order valence-corrected chi connectivity index (χ1v) is 7.31. The molecule has 6 heteroatoms. The summed E-state index contributed by atoms with van der Waals surface area (Å²) in [6.45, 7) is 2.40. The second-order valence-corrected chi connectivity index (χ2v) is 5.01. The van der Waals surface area contributed by atoms with Gasteiger partial charge in [-0.05, 0) is 31.2 Å². The SMILES string of the molecule is CCNC(=O)c1cccc(NC(=O)c2n[nH]c3ccccc23)c1. The number of hydrogen-bond donors (Lipinski definition) is 3. The summed E-state index contributed by atoms with van der Waals surface area (Å²) in [6, 6.07) is 14.2. The quantitative estimate of drug-likeness (QED) is 0.692. The van der Waals surface area contributed by atoms with Gasteiger partial charge in [-0.2, -0.15) is 5.10 Å². The first-order chi connectivity index (χ1) is 11.2. The summed E-state index contributed by atoms with van der Waals surface area (Å²) in [6.07, 6.45) is 0. The normalized spacial score (nSPS) is 10.5. The lowest BCUT2D eigenvalue weighted by Crippen LogP contribution is -2.22. The zero-order valence-electron chi connectivity index (χ0n) is 12.6. The van der Waals surface area contributed by atoms with Gasteiger partial charge < -0.3 is 10.6 Å². The van der Waals surface area contributed by atoms with E-state index in [1.165, 1.54) is 0 Å². The Hall–Kier alpha value is -3.15. The highest BCUT2D eigenvalue weighted by atomic mass is 16.2. The van der Waals surface area contributed by atoms with Crippen LogP contribution in [0.3, 0.4) is 0 Å². The molecule has 23 heavy (non-hydrogen) atoms. The van der Waals surface area contributed by atoms with Crippen LogP contribution in [0.2, 0.25) is 0 Å². The Kier molecular flexibility index (Phi) is 4.05. The number of nitrogens with one attached hydrogen (secondary N) is 3. The van der Waals surface area contributed by atoms with E-state index in [9.17, 15) is 9.59 Å². The minimum Gasteiger partial charge on any atom is -0.352 e. The predicted octanol–water partition coefficient (Wildman–Crippen LogP) is 2.56. The van der Waals surface area contributed by atoms with Gasteiger partial charge in [-0.1, -0.05) is 24.3 Å². The molecule has 3 rings (SSSR count). The zero-order valence-corrected chi connectivity index (χ0v) is 12.6. The van der Waals surface area contributed by atoms with Crippen LogP contribution in [-0.4, -0.2) is 28.6 Å². The third-order valence-corrected chi connectivity index (χ3v) is 3.41. The average Bonchev–Trinajstić information content (AvgIpc) is 2.99. The number of anilines is 1. The largest absolute Gasteiger partial charge is 0.352 e. The minimum absolute atomic E-state index is 0.172. The maximum Gasteiger partial charge on any atom is 0.276 e. The predicted molar refractivity (Wildman–Crippen MR) is 88.5 cm³/mol. The molecule has 0 aliphatic carbocycles. The zero-order chi connectivity index (χ0) is 16.2. The van der Waals surface area contributed by atoms with Crippen LogP contribution in [-0.2, 0) is 0 Å². The van der Waals surface area contributed by atoms with Gasteiger partial charge in [0.15, 0.2) is 5.69 Å². The van der Waals surface area contributed by atoms with Crippen LogP contribution in [0, 0.1) is 0 Å². The van der Waals surface area contributed by atoms with Crippen LogP contribution in [0.15, 0.2) is 48.5 Å². The maximum absolute atomic E-state index is 12.4. The molecule has 3 aromatic rings. The van der Waals surface area contributed by atoms with E-state index in [4.69, 9.17) is 0 Å². The molecule has 0 spiro atoms. The van der Waals surface area contributed by atoms with Crippen LogP contribution in [0.25, 0.3) is 10.9 Å². The summed E-state index contributed by atoms with van der Waals surface area (Å²) < 4.78 is 0. The van der Waals surface area contributed by atoms with Gasteiger partial charge in [0.1, 0.15) is 0 Å². The second kappa shape index (κ2) is 6.31. The summed E-state index contributed by atoms with van der Waals surface area (Å²) in [4.78, 5) is 24.2. The highest BCUT2D eigenvalue weighted by Crippen LogP contribution is 2.17. The van der Waals surface area contributed by atoms with E-state index < -0.39 is 0 Å². The van der Waals surface area contributed by atoms with Crippen molar-refractivity contribution in [3.8, 4) is 0 Å². The van der Waals surface area contributed by atoms with E-state index in [2.05, 4.69) is 20.8 Å². The molecule has 0 atom stereocenters. The van der Waals surface area contributed by atoms with Gasteiger partial charge in [-0.25, -0.2) is 0 Å². The Morgan fingerprint density at radius 2 is 1.91 bits per heavy atom. The number of carbonyl (C=O) groups is 2. The van der Waals surface area contributed by atoms with E-state index in [0.717, 1.165) is 10.9 Å². The van der Waals surface area contributed by atoms with Crippen molar-refractivity contribution in [2.24, 2.45) is 0 Å². The van der Waals surface area contributed by atoms with E-state index >= 15 is 0 Å². The molecule has 1 aromatic heterocycles. The molecular formula is C17H16N4O2. The van der Waals surface area contributed by atoms with Crippen LogP contribution in [0.1, 0.15) is 27.8 Å². The number of aromatic amines is 1. The van der Waals surface area contributed by atoms with Gasteiger partial charge >= 0.3 is 0 Å². The number of amides is 2. The first-order valence-electron chi connectivity index (χ1n) is 7.31. The molecule has 0 radical (unpaired) electrons. The molecule has 0 saturated heterocycles. The molecule has 1 heterocycles. The molecule has 0 aliphatic rings. The molecule has 0 fully saturated rings. The molecule has 0 aliphatic heterocycles. The lowest BCUT2D eigenvalue weighted by Gasteiger charge is -2.06. The molecule has 2 amide bonds. The fourth-order valence-corrected chi connectivity index (χ4v) is 2.33. The van der Waals surface area contributed by atoms with Crippen molar-refractivity contribution >= 4 is 28.4 Å². The van der Waals surface area contributed by atoms with Crippen LogP contribution in [0.4, 0.5) is 5.69 Å². The Balaban J connectivity index is 1.83. The second-order valence-electron chi connectivity index (χ2n) is 5.01. The first kappa shape index (κ1) is 14.8. The summed E-state index contributed by atoms with van der Waals surface area (Å²) in [5, 5.41) is 13.1. The fourth-order valence-electron chi connectivity index (χ4n) is 2.33. The monoisotopic (exact) mass is 308 g/mol. The van der Waals surface area contributed by atoms with Crippen molar-refractivity contribution in [1.82, 2.24) is 15.5 Å². The standard InChI is InChI=1S/C17H16N4O2/c1-2-18-16(22)11-6-5-7-12(10-11)19-17(23)15-13-8-3-4-9-14(13)20-21-15/h3-10H,2H2,1H3,(H,18,22)(H,19,23)(H,20,21). The molecule has 116 valence electrons. The van der Waals surface area contributed by atoms with Crippen molar-refractivity contribution in [1.29, 1.82) is 0 Å². The Bertz CT molecular complexity index is 870. The smallest absolute Gasteiger partial charge is 0.276 e. The van der Waals surface area contributed by atoms with E-state index in [1.807, 2.05) is 31.2 Å². The highest BCUT2D eigenvalue weighted by molar-refractivity contribution is 6.11. The van der Waals surface area contributed by atoms with Crippen molar-refractivity contribution in [2.75, 3.05) is 11.9 Å². The number of H-pyrrole nitrogens is 1. The van der Waals surface area contributed by atoms with Crippen LogP contribution < -0.4 is 10.6 Å². The molecule has 0 saturated carbocycles. The summed E-state index contributed by atoms with van der Waals surface area (Å²) in [5.41, 5.74) is 2.17. The Morgan fingerprint density at radius 1 is 1.09 bits per heavy atom. The molecule has 0 bridgehead atoms. The van der Waals surface area contributed by atoms with Crippen molar-refractivity contribution in [2.45, 2.75) is 6.92 Å². The lowest BCUT2D eigenvalue weighted by atomic mass is 10.1. The van der Waals surface area contributed by atoms with Gasteiger partial charge in [0.2, 0.25) is 0 Å². The number of benzene rings is 2. The fraction of sp³-hybridized carbons (Fsp3) is 0.118. The van der Waals surface area contributed by atoms with Gasteiger partial charge in [0.05, 0.1) is 5.52 Å². The van der Waals surface area contributed by atoms with Gasteiger partial charge in [0.25, 0.3) is 11.8 Å². The molecular weight excluding hydrogens is 292 g/mol. The summed E-state index contributed by atoms with van der Waals surface area (Å²) in [5.74, 6) is -0.496. The maximum atomic E-state index is 12.4. The average molecular weight is 308 g/mol. The third-order valence-electron chi connectivity index (χ3n) is 3.41. The number of fused-ring (bicyclic) bond motifs is 1. The minimum atomic E-state index is -0.324. The van der Waals surface area contributed by atoms with Gasteiger partial charge in [-0.15, -0.1) is 0 Å². The van der Waals surface area contributed by atoms with Gasteiger partial charge in [0, 0.05) is 23.2 Å². The number of para-hydroxylation sites is 1. The highest BCUT2D eigenvalue weighted by Gasteiger charge is 2.14. The topological polar surface area (TPSA) is 86.9 Å². The van der Waals surface area contributed by atoms with Crippen molar-refractivity contribution < 1.29 is 9.59 Å². The molecule has 2 aromatic carbocycles. The molecule has 0 unspecified atom stereocenters. The van der Waals surface area contributed by atoms with Gasteiger partial charge in [-0.3, -0.25) is 14.7 Å². The Labute approximate surface area is 132 Å². The van der Waals surface area contributed by atoms with Crippen LogP contribution in [0.5, 0.6) is 0 Å². The summed E-state index contributed by atoms with van der Waals surface area (Å²) >= 11 is 0. The van der Waals surface area contributed by atoms with Crippen molar-refractivity contribution in [3.63, 3.8) is 0 Å². The van der Waals surface area contributed by atoms with Crippen LogP contribution >= 0.6 is 0 Å². The Morgan fingerprint density at radius 3 is 2.74 bits per heavy atom. The lowest BCUT2D eigenvalue weighted by molar-refractivity contribution is 0.0954. The van der Waals surface area contributed by atoms with E-state index in [0.29, 0.717) is 23.5 Å². The molecule has 3 N–H and O–H groups in total. The van der Waals surface area contributed by atoms with Crippen molar-refractivity contribution in [3.05, 3.63) is 59.8 Å². The number of aromatic nitrogens is 2. The summed E-state index contributed by atoms with van der Waals surface area (Å²) in [7, 11) is 0.